The van der Waals surface area contributed by atoms with E-state index in [0.717, 1.165) is 68.4 Å². The zero-order chi connectivity index (χ0) is 30.4. The number of anilines is 2. The van der Waals surface area contributed by atoms with Crippen LogP contribution in [0.2, 0.25) is 0 Å². The molecule has 1 saturated heterocycles. The Morgan fingerprint density at radius 3 is 2.70 bits per heavy atom. The summed E-state index contributed by atoms with van der Waals surface area (Å²) in [7, 11) is 0. The number of nitrogens with one attached hydrogen (secondary N) is 1. The van der Waals surface area contributed by atoms with E-state index in [9.17, 15) is 10.1 Å². The van der Waals surface area contributed by atoms with Gasteiger partial charge in [0.2, 0.25) is 0 Å². The SMILES string of the molecule is CCOCCN1CCN(c2cncc(-c3cn(-c4cc(NC(=O)c5cccc(C(C)(C)C#N)c5)cnc4C)nn3)c2)CC1. The van der Waals surface area contributed by atoms with Crippen LogP contribution in [-0.2, 0) is 10.2 Å². The van der Waals surface area contributed by atoms with Gasteiger partial charge >= 0.3 is 0 Å². The van der Waals surface area contributed by atoms with E-state index in [1.54, 1.807) is 35.3 Å². The van der Waals surface area contributed by atoms with Crippen molar-refractivity contribution in [3.8, 4) is 23.0 Å². The number of hydrogen-bond acceptors (Lipinski definition) is 9. The van der Waals surface area contributed by atoms with Crippen molar-refractivity contribution in [1.82, 2.24) is 29.9 Å². The van der Waals surface area contributed by atoms with Gasteiger partial charge in [-0.15, -0.1) is 5.10 Å². The van der Waals surface area contributed by atoms with Crippen LogP contribution in [0.5, 0.6) is 0 Å². The van der Waals surface area contributed by atoms with E-state index >= 15 is 0 Å². The summed E-state index contributed by atoms with van der Waals surface area (Å²) in [5.74, 6) is -0.288. The summed E-state index contributed by atoms with van der Waals surface area (Å²) in [6, 6.07) is 13.3. The Balaban J connectivity index is 1.29. The number of carbonyl (C=O) groups excluding carboxylic acids is 1. The Kier molecular flexibility index (Phi) is 9.09. The Morgan fingerprint density at radius 2 is 1.93 bits per heavy atom. The van der Waals surface area contributed by atoms with Crippen molar-refractivity contribution in [2.45, 2.75) is 33.1 Å². The van der Waals surface area contributed by atoms with E-state index in [1.165, 1.54) is 0 Å². The number of pyridine rings is 2. The summed E-state index contributed by atoms with van der Waals surface area (Å²) in [6.45, 7) is 13.8. The van der Waals surface area contributed by atoms with E-state index < -0.39 is 5.41 Å². The van der Waals surface area contributed by atoms with Crippen LogP contribution in [0.15, 0.2) is 61.2 Å². The first-order valence-electron chi connectivity index (χ1n) is 14.5. The summed E-state index contributed by atoms with van der Waals surface area (Å²) >= 11 is 0. The number of aryl methyl sites for hydroxylation is 1. The fraction of sp³-hybridized carbons (Fsp3) is 0.375. The van der Waals surface area contributed by atoms with E-state index in [1.807, 2.05) is 52.2 Å². The molecule has 222 valence electrons. The molecule has 0 aliphatic carbocycles. The summed E-state index contributed by atoms with van der Waals surface area (Å²) < 4.78 is 7.16. The Hall–Kier alpha value is -4.66. The van der Waals surface area contributed by atoms with Gasteiger partial charge < -0.3 is 15.0 Å². The number of nitrogens with zero attached hydrogens (tertiary/aromatic N) is 8. The number of piperazine rings is 1. The molecule has 1 fully saturated rings. The minimum atomic E-state index is -0.701. The summed E-state index contributed by atoms with van der Waals surface area (Å²) in [6.07, 6.45) is 7.14. The number of nitriles is 1. The number of rotatable bonds is 10. The maximum Gasteiger partial charge on any atom is 0.255 e. The van der Waals surface area contributed by atoms with Gasteiger partial charge in [-0.05, 0) is 57.5 Å². The van der Waals surface area contributed by atoms with Crippen molar-refractivity contribution in [2.24, 2.45) is 0 Å². The number of benzene rings is 1. The van der Waals surface area contributed by atoms with Gasteiger partial charge in [-0.3, -0.25) is 19.7 Å². The van der Waals surface area contributed by atoms with Gasteiger partial charge in [-0.1, -0.05) is 17.3 Å². The van der Waals surface area contributed by atoms with E-state index in [4.69, 9.17) is 4.74 Å². The van der Waals surface area contributed by atoms with Crippen LogP contribution in [-0.4, -0.2) is 81.7 Å². The quantitative estimate of drug-likeness (QED) is 0.275. The number of hydrogen-bond donors (Lipinski definition) is 1. The third-order valence-corrected chi connectivity index (χ3v) is 7.70. The molecule has 0 saturated carbocycles. The van der Waals surface area contributed by atoms with Crippen molar-refractivity contribution in [3.05, 3.63) is 78.0 Å². The number of ether oxygens (including phenoxy) is 1. The van der Waals surface area contributed by atoms with Crippen LogP contribution in [0.1, 0.15) is 42.4 Å². The van der Waals surface area contributed by atoms with E-state index in [0.29, 0.717) is 22.6 Å². The molecule has 1 N–H and O–H groups in total. The average Bonchev–Trinajstić information content (AvgIpc) is 3.53. The highest BCUT2D eigenvalue weighted by Gasteiger charge is 2.21. The topological polar surface area (TPSA) is 125 Å². The van der Waals surface area contributed by atoms with Crippen molar-refractivity contribution >= 4 is 17.3 Å². The molecule has 0 radical (unpaired) electrons. The van der Waals surface area contributed by atoms with Crippen molar-refractivity contribution in [3.63, 3.8) is 0 Å². The van der Waals surface area contributed by atoms with Crippen LogP contribution < -0.4 is 10.2 Å². The smallest absolute Gasteiger partial charge is 0.255 e. The summed E-state index contributed by atoms with van der Waals surface area (Å²) in [5.41, 5.74) is 5.12. The van der Waals surface area contributed by atoms with Crippen molar-refractivity contribution < 1.29 is 9.53 Å². The lowest BCUT2D eigenvalue weighted by atomic mass is 9.85. The second kappa shape index (κ2) is 13.1. The van der Waals surface area contributed by atoms with Gasteiger partial charge in [0.15, 0.2) is 0 Å². The molecule has 3 aromatic heterocycles. The second-order valence-corrected chi connectivity index (χ2v) is 11.1. The molecule has 4 aromatic rings. The Bertz CT molecular complexity index is 1620. The molecule has 11 nitrogen and oxygen atoms in total. The van der Waals surface area contributed by atoms with Gasteiger partial charge in [0.05, 0.1) is 59.4 Å². The molecular weight excluding hydrogens is 542 g/mol. The highest BCUT2D eigenvalue weighted by Crippen LogP contribution is 2.26. The fourth-order valence-corrected chi connectivity index (χ4v) is 4.96. The molecule has 4 heterocycles. The molecule has 0 bridgehead atoms. The fourth-order valence-electron chi connectivity index (χ4n) is 4.96. The van der Waals surface area contributed by atoms with Crippen LogP contribution in [0.3, 0.4) is 0 Å². The first-order valence-corrected chi connectivity index (χ1v) is 14.5. The first-order chi connectivity index (χ1) is 20.8. The standard InChI is InChI=1S/C32H37N9O2/c1-5-43-14-13-39-9-11-40(12-10-39)28-16-25(18-34-20-28)29-21-41(38-37-29)30-17-27(19-35-23(30)2)36-31(42)24-7-6-8-26(15-24)32(3,4)22-33/h6-8,15-21H,5,9-14H2,1-4H3,(H,36,42). The number of amides is 1. The van der Waals surface area contributed by atoms with Gasteiger partial charge in [0.1, 0.15) is 5.69 Å². The number of carbonyl (C=O) groups is 1. The van der Waals surface area contributed by atoms with Crippen molar-refractivity contribution in [2.75, 3.05) is 56.2 Å². The average molecular weight is 580 g/mol. The molecule has 1 aliphatic heterocycles. The predicted octanol–water partition coefficient (Wildman–Crippen LogP) is 4.24. The van der Waals surface area contributed by atoms with Crippen LogP contribution in [0, 0.1) is 18.3 Å². The van der Waals surface area contributed by atoms with Gasteiger partial charge in [-0.2, -0.15) is 5.26 Å². The minimum Gasteiger partial charge on any atom is -0.380 e. The molecule has 43 heavy (non-hydrogen) atoms. The lowest BCUT2D eigenvalue weighted by molar-refractivity contribution is 0.102. The highest BCUT2D eigenvalue weighted by molar-refractivity contribution is 6.04. The summed E-state index contributed by atoms with van der Waals surface area (Å²) in [5, 5.41) is 21.2. The largest absolute Gasteiger partial charge is 0.380 e. The second-order valence-electron chi connectivity index (χ2n) is 11.1. The van der Waals surface area contributed by atoms with E-state index in [2.05, 4.69) is 47.5 Å². The zero-order valence-electron chi connectivity index (χ0n) is 25.1. The lowest BCUT2D eigenvalue weighted by Crippen LogP contribution is -2.47. The molecular formula is C32H37N9O2. The number of aromatic nitrogens is 5. The third-order valence-electron chi connectivity index (χ3n) is 7.70. The normalized spacial score (nSPS) is 14.0. The van der Waals surface area contributed by atoms with Gasteiger partial charge in [0.25, 0.3) is 5.91 Å². The molecule has 0 spiro atoms. The van der Waals surface area contributed by atoms with Crippen LogP contribution in [0.25, 0.3) is 16.9 Å². The molecule has 0 unspecified atom stereocenters. The molecule has 1 aliphatic rings. The zero-order valence-corrected chi connectivity index (χ0v) is 25.1. The maximum absolute atomic E-state index is 13.1. The Morgan fingerprint density at radius 1 is 1.12 bits per heavy atom. The van der Waals surface area contributed by atoms with Gasteiger partial charge in [0, 0.05) is 56.7 Å². The molecule has 0 atom stereocenters. The molecule has 1 amide bonds. The van der Waals surface area contributed by atoms with Crippen LogP contribution in [0.4, 0.5) is 11.4 Å². The first kappa shape index (κ1) is 29.8. The highest BCUT2D eigenvalue weighted by atomic mass is 16.5. The molecule has 11 heteroatoms. The monoisotopic (exact) mass is 579 g/mol. The minimum absolute atomic E-state index is 0.288. The lowest BCUT2D eigenvalue weighted by Gasteiger charge is -2.35. The molecule has 5 rings (SSSR count). The van der Waals surface area contributed by atoms with Gasteiger partial charge in [-0.25, -0.2) is 4.68 Å². The van der Waals surface area contributed by atoms with E-state index in [-0.39, 0.29) is 5.91 Å². The predicted molar refractivity (Wildman–Crippen MR) is 165 cm³/mol. The maximum atomic E-state index is 13.1. The third kappa shape index (κ3) is 7.05. The van der Waals surface area contributed by atoms with Crippen molar-refractivity contribution in [1.29, 1.82) is 5.26 Å². The molecule has 1 aromatic carbocycles. The summed E-state index contributed by atoms with van der Waals surface area (Å²) in [4.78, 5) is 26.8. The van der Waals surface area contributed by atoms with Crippen LogP contribution >= 0.6 is 0 Å². The Labute approximate surface area is 252 Å².